The summed E-state index contributed by atoms with van der Waals surface area (Å²) in [5.74, 6) is -0.407. The van der Waals surface area contributed by atoms with E-state index < -0.39 is 5.97 Å². The van der Waals surface area contributed by atoms with Crippen molar-refractivity contribution < 1.29 is 9.90 Å². The number of hydrogen-bond donors (Lipinski definition) is 1. The van der Waals surface area contributed by atoms with Crippen LogP contribution in [0.5, 0.6) is 0 Å². The lowest BCUT2D eigenvalue weighted by molar-refractivity contribution is 0.0688. The van der Waals surface area contributed by atoms with Crippen LogP contribution in [0.15, 0.2) is 18.2 Å². The second-order valence-electron chi connectivity index (χ2n) is 6.18. The Labute approximate surface area is 124 Å². The van der Waals surface area contributed by atoms with E-state index in [-0.39, 0.29) is 5.69 Å². The van der Waals surface area contributed by atoms with Crippen LogP contribution >= 0.6 is 0 Å². The average molecular weight is 284 g/mol. The minimum atomic E-state index is -0.927. The van der Waals surface area contributed by atoms with Crippen molar-refractivity contribution in [2.24, 2.45) is 5.92 Å². The van der Waals surface area contributed by atoms with Crippen molar-refractivity contribution in [2.45, 2.75) is 40.0 Å². The fourth-order valence-electron chi connectivity index (χ4n) is 3.25. The second kappa shape index (κ2) is 5.02. The highest BCUT2D eigenvalue weighted by Crippen LogP contribution is 2.30. The van der Waals surface area contributed by atoms with Crippen molar-refractivity contribution >= 4 is 5.97 Å². The molecule has 0 fully saturated rings. The molecule has 1 atom stereocenters. The summed E-state index contributed by atoms with van der Waals surface area (Å²) < 4.78 is 1.84. The Morgan fingerprint density at radius 2 is 1.95 bits per heavy atom. The molecule has 0 spiro atoms. The standard InChI is InChI=1S/C17H20N2O2/c1-10-4-5-15-14(9-10)16(17(20)21)18-19(15)13-7-11(2)6-12(3)8-13/h6-8,10H,4-5,9H2,1-3H3,(H,20,21). The highest BCUT2D eigenvalue weighted by atomic mass is 16.4. The van der Waals surface area contributed by atoms with Crippen molar-refractivity contribution in [3.05, 3.63) is 46.3 Å². The van der Waals surface area contributed by atoms with Crippen LogP contribution in [0.1, 0.15) is 46.2 Å². The number of benzene rings is 1. The molecular weight excluding hydrogens is 264 g/mol. The van der Waals surface area contributed by atoms with E-state index in [1.807, 2.05) is 18.5 Å². The van der Waals surface area contributed by atoms with Gasteiger partial charge >= 0.3 is 5.97 Å². The third-order valence-electron chi connectivity index (χ3n) is 4.17. The highest BCUT2D eigenvalue weighted by Gasteiger charge is 2.27. The molecule has 1 aliphatic carbocycles. The number of aromatic carboxylic acids is 1. The van der Waals surface area contributed by atoms with Gasteiger partial charge in [0.05, 0.1) is 5.69 Å². The van der Waals surface area contributed by atoms with E-state index >= 15 is 0 Å². The van der Waals surface area contributed by atoms with Crippen LogP contribution in [-0.4, -0.2) is 20.9 Å². The predicted molar refractivity (Wildman–Crippen MR) is 81.2 cm³/mol. The quantitative estimate of drug-likeness (QED) is 0.920. The molecule has 0 amide bonds. The number of rotatable bonds is 2. The summed E-state index contributed by atoms with van der Waals surface area (Å²) in [5.41, 5.74) is 5.49. The van der Waals surface area contributed by atoms with Gasteiger partial charge in [-0.15, -0.1) is 0 Å². The highest BCUT2D eigenvalue weighted by molar-refractivity contribution is 5.87. The summed E-state index contributed by atoms with van der Waals surface area (Å²) >= 11 is 0. The van der Waals surface area contributed by atoms with E-state index in [4.69, 9.17) is 0 Å². The summed E-state index contributed by atoms with van der Waals surface area (Å²) in [4.78, 5) is 11.5. The summed E-state index contributed by atoms with van der Waals surface area (Å²) in [6, 6.07) is 6.23. The summed E-state index contributed by atoms with van der Waals surface area (Å²) in [6.07, 6.45) is 2.79. The first kappa shape index (κ1) is 13.9. The molecule has 4 heteroatoms. The monoisotopic (exact) mass is 284 g/mol. The van der Waals surface area contributed by atoms with Crippen LogP contribution in [0.2, 0.25) is 0 Å². The Morgan fingerprint density at radius 3 is 2.57 bits per heavy atom. The van der Waals surface area contributed by atoms with Crippen LogP contribution in [-0.2, 0) is 12.8 Å². The minimum Gasteiger partial charge on any atom is -0.476 e. The first-order valence-electron chi connectivity index (χ1n) is 7.38. The van der Waals surface area contributed by atoms with Crippen LogP contribution in [0, 0.1) is 19.8 Å². The molecule has 1 N–H and O–H groups in total. The number of fused-ring (bicyclic) bond motifs is 1. The lowest BCUT2D eigenvalue weighted by Crippen LogP contribution is -2.14. The van der Waals surface area contributed by atoms with E-state index in [9.17, 15) is 9.90 Å². The zero-order valence-corrected chi connectivity index (χ0v) is 12.7. The van der Waals surface area contributed by atoms with Gasteiger partial charge in [-0.25, -0.2) is 9.48 Å². The normalized spacial score (nSPS) is 17.6. The smallest absolute Gasteiger partial charge is 0.356 e. The topological polar surface area (TPSA) is 55.1 Å². The fourth-order valence-corrected chi connectivity index (χ4v) is 3.25. The van der Waals surface area contributed by atoms with Gasteiger partial charge in [0.1, 0.15) is 0 Å². The second-order valence-corrected chi connectivity index (χ2v) is 6.18. The molecule has 2 aromatic rings. The summed E-state index contributed by atoms with van der Waals surface area (Å²) in [6.45, 7) is 6.27. The number of nitrogens with zero attached hydrogens (tertiary/aromatic N) is 2. The van der Waals surface area contributed by atoms with Gasteiger partial charge in [-0.3, -0.25) is 0 Å². The number of hydrogen-bond acceptors (Lipinski definition) is 2. The van der Waals surface area contributed by atoms with Gasteiger partial charge in [-0.05, 0) is 62.3 Å². The molecule has 0 bridgehead atoms. The Kier molecular flexibility index (Phi) is 3.32. The number of aromatic nitrogens is 2. The van der Waals surface area contributed by atoms with Gasteiger partial charge in [0.15, 0.2) is 5.69 Å². The SMILES string of the molecule is Cc1cc(C)cc(-n2nc(C(=O)O)c3c2CCC(C)C3)c1. The maximum atomic E-state index is 11.5. The lowest BCUT2D eigenvalue weighted by atomic mass is 9.87. The van der Waals surface area contributed by atoms with E-state index in [1.54, 1.807) is 0 Å². The molecule has 21 heavy (non-hydrogen) atoms. The van der Waals surface area contributed by atoms with Crippen molar-refractivity contribution in [2.75, 3.05) is 0 Å². The molecular formula is C17H20N2O2. The van der Waals surface area contributed by atoms with E-state index in [2.05, 4.69) is 30.2 Å². The first-order valence-corrected chi connectivity index (χ1v) is 7.38. The average Bonchev–Trinajstić information content (AvgIpc) is 2.76. The van der Waals surface area contributed by atoms with Crippen molar-refractivity contribution in [3.63, 3.8) is 0 Å². The molecule has 3 rings (SSSR count). The molecule has 0 radical (unpaired) electrons. The van der Waals surface area contributed by atoms with Gasteiger partial charge in [0.25, 0.3) is 0 Å². The van der Waals surface area contributed by atoms with E-state index in [0.29, 0.717) is 5.92 Å². The van der Waals surface area contributed by atoms with Gasteiger partial charge in [-0.2, -0.15) is 5.10 Å². The molecule has 4 nitrogen and oxygen atoms in total. The third-order valence-corrected chi connectivity index (χ3v) is 4.17. The van der Waals surface area contributed by atoms with Crippen LogP contribution < -0.4 is 0 Å². The van der Waals surface area contributed by atoms with E-state index in [1.165, 1.54) is 0 Å². The third kappa shape index (κ3) is 2.46. The van der Waals surface area contributed by atoms with Gasteiger partial charge < -0.3 is 5.11 Å². The van der Waals surface area contributed by atoms with Crippen molar-refractivity contribution in [3.8, 4) is 5.69 Å². The number of carbonyl (C=O) groups is 1. The van der Waals surface area contributed by atoms with Crippen LogP contribution in [0.25, 0.3) is 5.69 Å². The number of aryl methyl sites for hydroxylation is 2. The molecule has 0 saturated heterocycles. The van der Waals surface area contributed by atoms with Crippen molar-refractivity contribution in [1.82, 2.24) is 9.78 Å². The van der Waals surface area contributed by atoms with Gasteiger partial charge in [0.2, 0.25) is 0 Å². The van der Waals surface area contributed by atoms with Gasteiger partial charge in [-0.1, -0.05) is 13.0 Å². The molecule has 1 aromatic heterocycles. The summed E-state index contributed by atoms with van der Waals surface area (Å²) in [7, 11) is 0. The Bertz CT molecular complexity index is 696. The Balaban J connectivity index is 2.19. The maximum absolute atomic E-state index is 11.5. The number of carboxylic acids is 1. The largest absolute Gasteiger partial charge is 0.476 e. The zero-order chi connectivity index (χ0) is 15.1. The predicted octanol–water partition coefficient (Wildman–Crippen LogP) is 3.31. The molecule has 1 unspecified atom stereocenters. The lowest BCUT2D eigenvalue weighted by Gasteiger charge is -2.19. The molecule has 1 aromatic carbocycles. The maximum Gasteiger partial charge on any atom is 0.356 e. The Morgan fingerprint density at radius 1 is 1.29 bits per heavy atom. The molecule has 110 valence electrons. The first-order chi connectivity index (χ1) is 9.95. The molecule has 1 heterocycles. The molecule has 1 aliphatic rings. The number of carboxylic acid groups (broad SMARTS) is 1. The minimum absolute atomic E-state index is 0.218. The van der Waals surface area contributed by atoms with Crippen molar-refractivity contribution in [1.29, 1.82) is 0 Å². The van der Waals surface area contributed by atoms with E-state index in [0.717, 1.165) is 47.3 Å². The molecule has 0 saturated carbocycles. The fraction of sp³-hybridized carbons (Fsp3) is 0.412. The van der Waals surface area contributed by atoms with Crippen LogP contribution in [0.4, 0.5) is 0 Å². The zero-order valence-electron chi connectivity index (χ0n) is 12.7. The van der Waals surface area contributed by atoms with Gasteiger partial charge in [0, 0.05) is 11.3 Å². The van der Waals surface area contributed by atoms with Crippen LogP contribution in [0.3, 0.4) is 0 Å². The molecule has 0 aliphatic heterocycles. The summed E-state index contributed by atoms with van der Waals surface area (Å²) in [5, 5.41) is 13.8. The Hall–Kier alpha value is -2.10.